The first kappa shape index (κ1) is 24.1. The number of carbonyl (C=O) groups excluding carboxylic acids is 1. The Kier molecular flexibility index (Phi) is 9.96. The van der Waals surface area contributed by atoms with Gasteiger partial charge in [0.05, 0.1) is 18.8 Å². The van der Waals surface area contributed by atoms with Crippen molar-refractivity contribution < 1.29 is 4.79 Å². The molecule has 7 nitrogen and oxygen atoms in total. The van der Waals surface area contributed by atoms with E-state index in [-0.39, 0.29) is 35.3 Å². The van der Waals surface area contributed by atoms with Crippen LogP contribution in [-0.2, 0) is 16.8 Å². The van der Waals surface area contributed by atoms with Crippen molar-refractivity contribution in [3.63, 3.8) is 0 Å². The topological polar surface area (TPSA) is 95.6 Å². The molecule has 1 amide bonds. The van der Waals surface area contributed by atoms with Gasteiger partial charge in [0.1, 0.15) is 5.01 Å². The summed E-state index contributed by atoms with van der Waals surface area (Å²) in [5.74, 6) is 0.567. The molecule has 0 aromatic carbocycles. The van der Waals surface area contributed by atoms with Gasteiger partial charge in [-0.15, -0.1) is 35.3 Å². The molecule has 154 valence electrons. The molecule has 1 saturated heterocycles. The van der Waals surface area contributed by atoms with Crippen LogP contribution in [0.2, 0.25) is 0 Å². The molecule has 2 heterocycles. The number of halogens is 1. The highest BCUT2D eigenvalue weighted by atomic mass is 127. The third-order valence-corrected chi connectivity index (χ3v) is 5.18. The Morgan fingerprint density at radius 1 is 1.41 bits per heavy atom. The number of primary amides is 1. The summed E-state index contributed by atoms with van der Waals surface area (Å²) < 4.78 is 0. The Balaban J connectivity index is 0.00000364. The number of nitrogens with one attached hydrogen (secondary N) is 2. The van der Waals surface area contributed by atoms with E-state index in [0.717, 1.165) is 49.1 Å². The van der Waals surface area contributed by atoms with Gasteiger partial charge in [0.2, 0.25) is 5.91 Å². The number of rotatable bonds is 6. The molecule has 0 saturated carbocycles. The van der Waals surface area contributed by atoms with Gasteiger partial charge >= 0.3 is 0 Å². The maximum Gasteiger partial charge on any atom is 0.231 e. The number of carbonyl (C=O) groups is 1. The van der Waals surface area contributed by atoms with Crippen molar-refractivity contribution in [3.05, 3.63) is 16.1 Å². The number of piperidine rings is 1. The first-order chi connectivity index (χ1) is 12.3. The third-order valence-electron chi connectivity index (χ3n) is 4.34. The lowest BCUT2D eigenvalue weighted by Gasteiger charge is -2.32. The monoisotopic (exact) mass is 508 g/mol. The van der Waals surface area contributed by atoms with Crippen molar-refractivity contribution >= 4 is 47.2 Å². The predicted molar refractivity (Wildman–Crippen MR) is 123 cm³/mol. The van der Waals surface area contributed by atoms with Gasteiger partial charge in [-0.05, 0) is 19.8 Å². The van der Waals surface area contributed by atoms with E-state index in [2.05, 4.69) is 48.6 Å². The molecule has 9 heteroatoms. The highest BCUT2D eigenvalue weighted by Crippen LogP contribution is 2.24. The molecule has 0 unspecified atom stereocenters. The van der Waals surface area contributed by atoms with E-state index in [0.29, 0.717) is 19.1 Å². The van der Waals surface area contributed by atoms with Crippen LogP contribution in [0.3, 0.4) is 0 Å². The van der Waals surface area contributed by atoms with E-state index in [1.54, 1.807) is 11.3 Å². The minimum absolute atomic E-state index is 0. The summed E-state index contributed by atoms with van der Waals surface area (Å²) in [6.45, 7) is 12.1. The van der Waals surface area contributed by atoms with E-state index >= 15 is 0 Å². The molecule has 1 aromatic rings. The van der Waals surface area contributed by atoms with Crippen LogP contribution in [0.4, 0.5) is 0 Å². The van der Waals surface area contributed by atoms with Gasteiger partial charge in [0.25, 0.3) is 0 Å². The number of likely N-dealkylation sites (tertiary alicyclic amines) is 1. The smallest absolute Gasteiger partial charge is 0.231 e. The zero-order valence-electron chi connectivity index (χ0n) is 16.7. The number of nitrogens with two attached hydrogens (primary N) is 1. The summed E-state index contributed by atoms with van der Waals surface area (Å²) >= 11 is 1.66. The van der Waals surface area contributed by atoms with Crippen molar-refractivity contribution in [2.24, 2.45) is 10.7 Å². The average molecular weight is 508 g/mol. The zero-order valence-corrected chi connectivity index (χ0v) is 19.9. The SMILES string of the molecule is CCNC(=NCc1nc(C(C)(C)C)cs1)NC1CCN(CC(N)=O)CC1.I. The van der Waals surface area contributed by atoms with Crippen LogP contribution in [0.15, 0.2) is 10.4 Å². The van der Waals surface area contributed by atoms with Gasteiger partial charge in [-0.1, -0.05) is 20.8 Å². The summed E-state index contributed by atoms with van der Waals surface area (Å²) in [6, 6.07) is 0.360. The Bertz CT molecular complexity index is 620. The highest BCUT2D eigenvalue weighted by molar-refractivity contribution is 14.0. The van der Waals surface area contributed by atoms with Crippen LogP contribution >= 0.6 is 35.3 Å². The molecule has 0 atom stereocenters. The van der Waals surface area contributed by atoms with E-state index in [9.17, 15) is 4.79 Å². The number of amides is 1. The third kappa shape index (κ3) is 8.30. The minimum Gasteiger partial charge on any atom is -0.369 e. The maximum absolute atomic E-state index is 11.0. The molecule has 1 aromatic heterocycles. The van der Waals surface area contributed by atoms with Crippen LogP contribution in [0, 0.1) is 0 Å². The average Bonchev–Trinajstić information content (AvgIpc) is 3.03. The van der Waals surface area contributed by atoms with Gasteiger partial charge < -0.3 is 16.4 Å². The minimum atomic E-state index is -0.260. The summed E-state index contributed by atoms with van der Waals surface area (Å²) in [7, 11) is 0. The van der Waals surface area contributed by atoms with Crippen LogP contribution in [0.1, 0.15) is 51.2 Å². The molecule has 2 rings (SSSR count). The fourth-order valence-electron chi connectivity index (χ4n) is 2.84. The molecule has 0 aliphatic carbocycles. The van der Waals surface area contributed by atoms with E-state index in [1.807, 2.05) is 0 Å². The van der Waals surface area contributed by atoms with Crippen molar-refractivity contribution in [1.82, 2.24) is 20.5 Å². The number of nitrogens with zero attached hydrogens (tertiary/aromatic N) is 3. The largest absolute Gasteiger partial charge is 0.369 e. The van der Waals surface area contributed by atoms with Gasteiger partial charge in [-0.25, -0.2) is 9.98 Å². The lowest BCUT2D eigenvalue weighted by atomic mass is 9.93. The fourth-order valence-corrected chi connectivity index (χ4v) is 3.79. The Morgan fingerprint density at radius 2 is 2.07 bits per heavy atom. The lowest BCUT2D eigenvalue weighted by Crippen LogP contribution is -2.49. The number of aliphatic imine (C=N–C) groups is 1. The van der Waals surface area contributed by atoms with Crippen LogP contribution in [0.25, 0.3) is 0 Å². The molecule has 0 bridgehead atoms. The number of guanidine groups is 1. The molecule has 1 fully saturated rings. The second-order valence-corrected chi connectivity index (χ2v) is 8.68. The fraction of sp³-hybridized carbons (Fsp3) is 0.722. The second kappa shape index (κ2) is 11.2. The van der Waals surface area contributed by atoms with Crippen molar-refractivity contribution in [1.29, 1.82) is 0 Å². The normalized spacial score (nSPS) is 16.7. The number of hydrogen-bond donors (Lipinski definition) is 3. The van der Waals surface area contributed by atoms with Crippen molar-refractivity contribution in [3.8, 4) is 0 Å². The second-order valence-electron chi connectivity index (χ2n) is 7.73. The predicted octanol–water partition coefficient (Wildman–Crippen LogP) is 2.06. The summed E-state index contributed by atoms with van der Waals surface area (Å²) in [5.41, 5.74) is 6.46. The van der Waals surface area contributed by atoms with Crippen LogP contribution in [-0.4, -0.2) is 54.0 Å². The molecule has 4 N–H and O–H groups in total. The Morgan fingerprint density at radius 3 is 2.59 bits per heavy atom. The van der Waals surface area contributed by atoms with Gasteiger partial charge in [-0.2, -0.15) is 0 Å². The summed E-state index contributed by atoms with van der Waals surface area (Å²) in [6.07, 6.45) is 1.95. The number of aromatic nitrogens is 1. The van der Waals surface area contributed by atoms with Gasteiger partial charge in [0, 0.05) is 36.5 Å². The van der Waals surface area contributed by atoms with Gasteiger partial charge in [-0.3, -0.25) is 9.69 Å². The molecule has 1 aliphatic rings. The first-order valence-corrected chi connectivity index (χ1v) is 10.2. The Labute approximate surface area is 183 Å². The van der Waals surface area contributed by atoms with E-state index in [4.69, 9.17) is 15.7 Å². The number of hydrogen-bond acceptors (Lipinski definition) is 5. The van der Waals surface area contributed by atoms with Crippen LogP contribution in [0.5, 0.6) is 0 Å². The quantitative estimate of drug-likeness (QED) is 0.311. The van der Waals surface area contributed by atoms with Crippen molar-refractivity contribution in [2.45, 2.75) is 58.5 Å². The molecule has 1 aliphatic heterocycles. The Hall–Kier alpha value is -0.940. The standard InChI is InChI=1S/C18H32N6OS.HI/c1-5-20-17(21-10-16-23-14(12-26-16)18(2,3)4)22-13-6-8-24(9-7-13)11-15(19)25;/h12-13H,5-11H2,1-4H3,(H2,19,25)(H2,20,21,22);1H. The molecule has 0 radical (unpaired) electrons. The van der Waals surface area contributed by atoms with Gasteiger partial charge in [0.15, 0.2) is 5.96 Å². The van der Waals surface area contributed by atoms with E-state index < -0.39 is 0 Å². The van der Waals surface area contributed by atoms with E-state index in [1.165, 1.54) is 0 Å². The molecule has 0 spiro atoms. The molecular weight excluding hydrogens is 475 g/mol. The highest BCUT2D eigenvalue weighted by Gasteiger charge is 2.21. The van der Waals surface area contributed by atoms with Crippen molar-refractivity contribution in [2.75, 3.05) is 26.2 Å². The maximum atomic E-state index is 11.0. The molecule has 27 heavy (non-hydrogen) atoms. The number of thiazole rings is 1. The lowest BCUT2D eigenvalue weighted by molar-refractivity contribution is -0.119. The summed E-state index contributed by atoms with van der Waals surface area (Å²) in [5, 5.41) is 9.98. The molecular formula is C18H33IN6OS. The van der Waals surface area contributed by atoms with Crippen LogP contribution < -0.4 is 16.4 Å². The first-order valence-electron chi connectivity index (χ1n) is 9.28. The summed E-state index contributed by atoms with van der Waals surface area (Å²) in [4.78, 5) is 22.5. The zero-order chi connectivity index (χ0) is 19.2.